The van der Waals surface area contributed by atoms with Crippen molar-refractivity contribution >= 4 is 17.4 Å². The molecule has 0 heterocycles. The van der Waals surface area contributed by atoms with E-state index < -0.39 is 5.17 Å². The maximum Gasteiger partial charge on any atom is 0.251 e. The topological polar surface area (TPSA) is 107 Å². The van der Waals surface area contributed by atoms with Crippen molar-refractivity contribution in [3.8, 4) is 0 Å². The molecule has 11 heavy (non-hydrogen) atoms. The molecule has 1 atom stereocenters. The average Bonchev–Trinajstić information content (AvgIpc) is 1.63. The Balaban J connectivity index is -0.000000114. The van der Waals surface area contributed by atoms with E-state index in [-0.39, 0.29) is 6.15 Å². The van der Waals surface area contributed by atoms with Crippen LogP contribution in [-0.4, -0.2) is 16.3 Å². The van der Waals surface area contributed by atoms with E-state index in [0.717, 1.165) is 0 Å². The predicted molar refractivity (Wildman–Crippen MR) is 52.9 cm³/mol. The summed E-state index contributed by atoms with van der Waals surface area (Å²) in [6, 6.07) is 0.352. The van der Waals surface area contributed by atoms with E-state index in [1.807, 2.05) is 6.92 Å². The SMILES string of the molecule is CC(C)C(C)N.N.NC(O)=S. The highest BCUT2D eigenvalue weighted by Gasteiger charge is 1.95. The molecule has 0 aromatic carbocycles. The van der Waals surface area contributed by atoms with Crippen molar-refractivity contribution in [2.45, 2.75) is 26.8 Å². The van der Waals surface area contributed by atoms with Crippen molar-refractivity contribution < 1.29 is 5.11 Å². The Morgan fingerprint density at radius 2 is 1.45 bits per heavy atom. The minimum atomic E-state index is -0.500. The maximum atomic E-state index is 7.56. The van der Waals surface area contributed by atoms with Gasteiger partial charge in [0.05, 0.1) is 0 Å². The third kappa shape index (κ3) is 42.7. The summed E-state index contributed by atoms with van der Waals surface area (Å²) in [6.07, 6.45) is 0. The molecule has 0 aliphatic heterocycles. The summed E-state index contributed by atoms with van der Waals surface area (Å²) in [5.41, 5.74) is 9.83. The maximum absolute atomic E-state index is 7.56. The van der Waals surface area contributed by atoms with Crippen LogP contribution in [0.5, 0.6) is 0 Å². The largest absolute Gasteiger partial charge is 0.487 e. The summed E-state index contributed by atoms with van der Waals surface area (Å²) < 4.78 is 0. The van der Waals surface area contributed by atoms with Crippen LogP contribution in [0.15, 0.2) is 0 Å². The molecule has 8 N–H and O–H groups in total. The van der Waals surface area contributed by atoms with Gasteiger partial charge >= 0.3 is 0 Å². The Bertz CT molecular complexity index is 85.8. The number of nitrogens with two attached hydrogens (primary N) is 2. The highest BCUT2D eigenvalue weighted by Crippen LogP contribution is 1.93. The zero-order chi connectivity index (χ0) is 8.73. The van der Waals surface area contributed by atoms with Crippen molar-refractivity contribution in [1.29, 1.82) is 0 Å². The number of hydrogen-bond acceptors (Lipinski definition) is 3. The van der Waals surface area contributed by atoms with Gasteiger partial charge in [0, 0.05) is 6.04 Å². The molecule has 70 valence electrons. The van der Waals surface area contributed by atoms with Crippen molar-refractivity contribution in [2.24, 2.45) is 17.4 Å². The van der Waals surface area contributed by atoms with Gasteiger partial charge in [-0.25, -0.2) is 0 Å². The number of thiocarbonyl (C=S) groups is 1. The quantitative estimate of drug-likeness (QED) is 0.450. The number of aliphatic hydroxyl groups is 1. The minimum Gasteiger partial charge on any atom is -0.487 e. The van der Waals surface area contributed by atoms with Crippen LogP contribution in [-0.2, 0) is 0 Å². The molecule has 0 bridgehead atoms. The van der Waals surface area contributed by atoms with E-state index >= 15 is 0 Å². The molecule has 1 unspecified atom stereocenters. The number of aliphatic hydroxyl groups excluding tert-OH is 1. The molecule has 4 nitrogen and oxygen atoms in total. The van der Waals surface area contributed by atoms with Gasteiger partial charge in [-0.3, -0.25) is 0 Å². The molecule has 0 radical (unpaired) electrons. The van der Waals surface area contributed by atoms with E-state index in [0.29, 0.717) is 12.0 Å². The van der Waals surface area contributed by atoms with Crippen LogP contribution in [0, 0.1) is 5.92 Å². The number of hydrogen-bond donors (Lipinski definition) is 4. The zero-order valence-corrected chi connectivity index (χ0v) is 8.19. The molecule has 0 saturated carbocycles. The lowest BCUT2D eigenvalue weighted by molar-refractivity contribution is 0.529. The standard InChI is InChI=1S/C5H13N.CH3NOS.H3N/c1-4(2)5(3)6;2-1(3)4;/h4-5H,6H2,1-3H3;(H3,2,3,4);1H3. The monoisotopic (exact) mass is 181 g/mol. The summed E-state index contributed by atoms with van der Waals surface area (Å²) in [4.78, 5) is 0. The first-order chi connectivity index (χ1) is 4.37. The Kier molecular flexibility index (Phi) is 14.8. The average molecular weight is 181 g/mol. The highest BCUT2D eigenvalue weighted by atomic mass is 32.1. The molecular formula is C6H19N3OS. The smallest absolute Gasteiger partial charge is 0.251 e. The molecule has 0 saturated heterocycles. The third-order valence-corrected chi connectivity index (χ3v) is 1.05. The first kappa shape index (κ1) is 16.9. The van der Waals surface area contributed by atoms with Crippen LogP contribution in [0.3, 0.4) is 0 Å². The van der Waals surface area contributed by atoms with E-state index in [1.54, 1.807) is 0 Å². The fourth-order valence-electron chi connectivity index (χ4n) is 0. The van der Waals surface area contributed by atoms with Crippen molar-refractivity contribution in [1.82, 2.24) is 6.15 Å². The molecule has 0 amide bonds. The summed E-state index contributed by atoms with van der Waals surface area (Å²) in [5.74, 6) is 0.630. The van der Waals surface area contributed by atoms with Gasteiger partial charge < -0.3 is 22.7 Å². The molecule has 0 aliphatic rings. The lowest BCUT2D eigenvalue weighted by Crippen LogP contribution is -2.21. The summed E-state index contributed by atoms with van der Waals surface area (Å²) in [5, 5.41) is 7.06. The molecule has 0 aromatic heterocycles. The van der Waals surface area contributed by atoms with Crippen LogP contribution in [0.2, 0.25) is 0 Å². The Morgan fingerprint density at radius 3 is 1.45 bits per heavy atom. The Morgan fingerprint density at radius 1 is 1.36 bits per heavy atom. The van der Waals surface area contributed by atoms with Crippen molar-refractivity contribution in [3.63, 3.8) is 0 Å². The first-order valence-corrected chi connectivity index (χ1v) is 3.52. The molecule has 0 fully saturated rings. The van der Waals surface area contributed by atoms with Crippen LogP contribution in [0.25, 0.3) is 0 Å². The summed E-state index contributed by atoms with van der Waals surface area (Å²) >= 11 is 3.87. The first-order valence-electron chi connectivity index (χ1n) is 3.12. The van der Waals surface area contributed by atoms with Crippen LogP contribution in [0.4, 0.5) is 0 Å². The normalized spacial score (nSPS) is 10.6. The van der Waals surface area contributed by atoms with Crippen LogP contribution < -0.4 is 17.6 Å². The summed E-state index contributed by atoms with van der Waals surface area (Å²) in [6.45, 7) is 6.25. The highest BCUT2D eigenvalue weighted by molar-refractivity contribution is 7.79. The van der Waals surface area contributed by atoms with Gasteiger partial charge in [0.2, 0.25) is 0 Å². The van der Waals surface area contributed by atoms with Crippen molar-refractivity contribution in [2.75, 3.05) is 0 Å². The summed E-state index contributed by atoms with van der Waals surface area (Å²) in [7, 11) is 0. The minimum absolute atomic E-state index is 0. The lowest BCUT2D eigenvalue weighted by Gasteiger charge is -2.05. The van der Waals surface area contributed by atoms with Gasteiger partial charge in [0.25, 0.3) is 5.17 Å². The Labute approximate surface area is 73.5 Å². The van der Waals surface area contributed by atoms with Gasteiger partial charge in [-0.15, -0.1) is 0 Å². The van der Waals surface area contributed by atoms with Gasteiger partial charge in [-0.2, -0.15) is 0 Å². The van der Waals surface area contributed by atoms with Crippen LogP contribution in [0.1, 0.15) is 20.8 Å². The lowest BCUT2D eigenvalue weighted by atomic mass is 10.1. The van der Waals surface area contributed by atoms with E-state index in [4.69, 9.17) is 10.8 Å². The zero-order valence-electron chi connectivity index (χ0n) is 7.37. The van der Waals surface area contributed by atoms with Gasteiger partial charge in [0.1, 0.15) is 0 Å². The second kappa shape index (κ2) is 9.61. The van der Waals surface area contributed by atoms with E-state index in [2.05, 4.69) is 31.8 Å². The molecule has 0 rings (SSSR count). The predicted octanol–water partition coefficient (Wildman–Crippen LogP) is 0.940. The fourth-order valence-corrected chi connectivity index (χ4v) is 0. The van der Waals surface area contributed by atoms with E-state index in [1.165, 1.54) is 0 Å². The van der Waals surface area contributed by atoms with Gasteiger partial charge in [-0.1, -0.05) is 13.8 Å². The second-order valence-corrected chi connectivity index (χ2v) is 2.86. The third-order valence-electron chi connectivity index (χ3n) is 1.05. The second-order valence-electron chi connectivity index (χ2n) is 2.44. The van der Waals surface area contributed by atoms with Gasteiger partial charge in [-0.05, 0) is 25.1 Å². The molecule has 0 aromatic rings. The van der Waals surface area contributed by atoms with Crippen molar-refractivity contribution in [3.05, 3.63) is 0 Å². The van der Waals surface area contributed by atoms with Gasteiger partial charge in [0.15, 0.2) is 0 Å². The molecular weight excluding hydrogens is 162 g/mol. The fraction of sp³-hybridized carbons (Fsp3) is 0.833. The van der Waals surface area contributed by atoms with E-state index in [9.17, 15) is 0 Å². The molecule has 5 heteroatoms. The van der Waals surface area contributed by atoms with Crippen LogP contribution >= 0.6 is 12.2 Å². The molecule has 0 spiro atoms. The number of rotatable bonds is 1. The molecule has 0 aliphatic carbocycles. The Hall–Kier alpha value is -0.390.